The lowest BCUT2D eigenvalue weighted by Crippen LogP contribution is -2.00. The van der Waals surface area contributed by atoms with Crippen molar-refractivity contribution in [2.75, 3.05) is 6.01 Å². The Morgan fingerprint density at radius 3 is 2.94 bits per heavy atom. The van der Waals surface area contributed by atoms with Gasteiger partial charge in [-0.1, -0.05) is 34.5 Å². The third-order valence-electron chi connectivity index (χ3n) is 2.20. The second-order valence-electron chi connectivity index (χ2n) is 3.33. The molecule has 1 N–H and O–H groups in total. The van der Waals surface area contributed by atoms with Crippen molar-refractivity contribution >= 4 is 23.4 Å². The van der Waals surface area contributed by atoms with Crippen LogP contribution in [-0.2, 0) is 6.61 Å². The van der Waals surface area contributed by atoms with E-state index in [0.717, 1.165) is 16.7 Å². The summed E-state index contributed by atoms with van der Waals surface area (Å²) in [5.41, 5.74) is 0.703. The molecule has 1 aromatic carbocycles. The van der Waals surface area contributed by atoms with Gasteiger partial charge in [-0.15, -0.1) is 4.85 Å². The number of halogens is 2. The summed E-state index contributed by atoms with van der Waals surface area (Å²) in [5, 5.41) is 13.2. The van der Waals surface area contributed by atoms with E-state index in [1.54, 1.807) is 18.2 Å². The number of alkyl halides is 1. The normalized spacial score (nSPS) is 10.6. The Morgan fingerprint density at radius 2 is 2.28 bits per heavy atom. The van der Waals surface area contributed by atoms with Crippen molar-refractivity contribution in [2.45, 2.75) is 11.5 Å². The summed E-state index contributed by atoms with van der Waals surface area (Å²) in [7, 11) is 0. The van der Waals surface area contributed by atoms with Crippen molar-refractivity contribution in [3.05, 3.63) is 41.0 Å². The van der Waals surface area contributed by atoms with Gasteiger partial charge in [0.05, 0.1) is 6.20 Å². The van der Waals surface area contributed by atoms with Crippen LogP contribution in [0.5, 0.6) is 5.88 Å². The molecule has 0 fully saturated rings. The van der Waals surface area contributed by atoms with Crippen molar-refractivity contribution in [1.29, 1.82) is 0 Å². The quantitative estimate of drug-likeness (QED) is 0.677. The van der Waals surface area contributed by atoms with E-state index in [0.29, 0.717) is 15.4 Å². The largest absolute Gasteiger partial charge is 0.472 e. The topological polar surface area (TPSA) is 47.3 Å². The van der Waals surface area contributed by atoms with Crippen LogP contribution in [0.25, 0.3) is 0 Å². The van der Waals surface area contributed by atoms with E-state index in [2.05, 4.69) is 5.10 Å². The van der Waals surface area contributed by atoms with E-state index in [4.69, 9.17) is 21.5 Å². The first-order chi connectivity index (χ1) is 8.70. The summed E-state index contributed by atoms with van der Waals surface area (Å²) in [5.74, 6) is 0.272. The Labute approximate surface area is 112 Å². The van der Waals surface area contributed by atoms with Crippen LogP contribution in [0.2, 0.25) is 5.02 Å². The third-order valence-corrected chi connectivity index (χ3v) is 3.36. The molecule has 0 bridgehead atoms. The molecule has 2 rings (SSSR count). The molecular formula is C11H10ClFN2O2S. The summed E-state index contributed by atoms with van der Waals surface area (Å²) in [4.78, 5) is 1.38. The van der Waals surface area contributed by atoms with E-state index >= 15 is 0 Å². The summed E-state index contributed by atoms with van der Waals surface area (Å²) in [6.07, 6.45) is 1.35. The molecule has 0 saturated heterocycles. The molecule has 0 aliphatic rings. The molecule has 0 aliphatic heterocycles. The molecule has 0 unspecified atom stereocenters. The summed E-state index contributed by atoms with van der Waals surface area (Å²) in [6.45, 7) is 0.166. The van der Waals surface area contributed by atoms with Gasteiger partial charge in [0.15, 0.2) is 0 Å². The zero-order chi connectivity index (χ0) is 13.0. The molecular weight excluding hydrogens is 279 g/mol. The molecule has 0 amide bonds. The summed E-state index contributed by atoms with van der Waals surface area (Å²) < 4.78 is 17.8. The van der Waals surface area contributed by atoms with E-state index < -0.39 is 6.01 Å². The highest BCUT2D eigenvalue weighted by Crippen LogP contribution is 2.29. The Morgan fingerprint density at radius 1 is 1.44 bits per heavy atom. The van der Waals surface area contributed by atoms with E-state index in [1.165, 1.54) is 12.3 Å². The van der Waals surface area contributed by atoms with Gasteiger partial charge in [-0.3, -0.25) is 0 Å². The number of nitrogens with zero attached hydrogens (tertiary/aromatic N) is 2. The van der Waals surface area contributed by atoms with Gasteiger partial charge in [0, 0.05) is 21.5 Å². The Balaban J connectivity index is 2.12. The highest BCUT2D eigenvalue weighted by molar-refractivity contribution is 7.99. The Bertz CT molecular complexity index is 536. The maximum Gasteiger partial charge on any atom is 0.236 e. The van der Waals surface area contributed by atoms with Gasteiger partial charge >= 0.3 is 0 Å². The number of benzene rings is 1. The van der Waals surface area contributed by atoms with Gasteiger partial charge in [-0.25, -0.2) is 4.39 Å². The van der Waals surface area contributed by atoms with E-state index in [-0.39, 0.29) is 12.5 Å². The van der Waals surface area contributed by atoms with Crippen molar-refractivity contribution in [2.24, 2.45) is 0 Å². The first-order valence-electron chi connectivity index (χ1n) is 5.04. The van der Waals surface area contributed by atoms with Crippen LogP contribution in [0.3, 0.4) is 0 Å². The van der Waals surface area contributed by atoms with Crippen LogP contribution >= 0.6 is 23.4 Å². The minimum absolute atomic E-state index is 0.166. The van der Waals surface area contributed by atoms with Crippen LogP contribution in [0.1, 0.15) is 5.56 Å². The maximum atomic E-state index is 12.4. The summed E-state index contributed by atoms with van der Waals surface area (Å²) in [6, 6.07) is 6.23. The monoisotopic (exact) mass is 288 g/mol. The third kappa shape index (κ3) is 3.08. The van der Waals surface area contributed by atoms with E-state index in [1.807, 2.05) is 0 Å². The molecule has 18 heavy (non-hydrogen) atoms. The number of ether oxygens (including phenoxy) is 1. The molecule has 1 aromatic heterocycles. The minimum atomic E-state index is -0.529. The molecule has 4 nitrogen and oxygen atoms in total. The van der Waals surface area contributed by atoms with Crippen molar-refractivity contribution in [1.82, 2.24) is 9.94 Å². The van der Waals surface area contributed by atoms with E-state index in [9.17, 15) is 4.39 Å². The lowest BCUT2D eigenvalue weighted by Gasteiger charge is -2.09. The SMILES string of the molecule is On1ccc(OCc2c(Cl)cccc2SCF)n1. The number of aromatic nitrogens is 2. The number of hydrogen-bond donors (Lipinski definition) is 1. The zero-order valence-electron chi connectivity index (χ0n) is 9.22. The fraction of sp³-hybridized carbons (Fsp3) is 0.182. The Hall–Kier alpha value is -1.40. The standard InChI is InChI=1S/C11H10ClFN2O2S/c12-9-2-1-3-10(18-7-13)8(9)6-17-11-4-5-15(16)14-11/h1-5,16H,6-7H2. The van der Waals surface area contributed by atoms with Gasteiger partial charge < -0.3 is 9.94 Å². The van der Waals surface area contributed by atoms with Crippen molar-refractivity contribution in [3.63, 3.8) is 0 Å². The second kappa shape index (κ2) is 5.97. The molecule has 0 aliphatic carbocycles. The smallest absolute Gasteiger partial charge is 0.236 e. The van der Waals surface area contributed by atoms with Gasteiger partial charge in [0.2, 0.25) is 5.88 Å². The van der Waals surface area contributed by atoms with Gasteiger partial charge in [0.1, 0.15) is 12.6 Å². The average Bonchev–Trinajstić information content (AvgIpc) is 2.75. The fourth-order valence-corrected chi connectivity index (χ4v) is 2.31. The number of hydrogen-bond acceptors (Lipinski definition) is 4. The molecule has 0 radical (unpaired) electrons. The molecule has 0 atom stereocenters. The molecule has 96 valence electrons. The highest BCUT2D eigenvalue weighted by atomic mass is 35.5. The van der Waals surface area contributed by atoms with Gasteiger partial charge in [-0.2, -0.15) is 0 Å². The zero-order valence-corrected chi connectivity index (χ0v) is 10.8. The minimum Gasteiger partial charge on any atom is -0.472 e. The first-order valence-corrected chi connectivity index (χ1v) is 6.41. The van der Waals surface area contributed by atoms with Crippen LogP contribution in [-0.4, -0.2) is 21.2 Å². The lowest BCUT2D eigenvalue weighted by molar-refractivity contribution is 0.141. The number of rotatable bonds is 5. The molecule has 1 heterocycles. The molecule has 0 saturated carbocycles. The Kier molecular flexibility index (Phi) is 4.33. The van der Waals surface area contributed by atoms with Crippen molar-refractivity contribution in [3.8, 4) is 5.88 Å². The molecule has 2 aromatic rings. The summed E-state index contributed by atoms with van der Waals surface area (Å²) >= 11 is 7.10. The van der Waals surface area contributed by atoms with Crippen LogP contribution in [0.4, 0.5) is 4.39 Å². The van der Waals surface area contributed by atoms with Crippen LogP contribution in [0.15, 0.2) is 35.4 Å². The van der Waals surface area contributed by atoms with Crippen molar-refractivity contribution < 1.29 is 14.3 Å². The predicted molar refractivity (Wildman–Crippen MR) is 67.0 cm³/mol. The predicted octanol–water partition coefficient (Wildman–Crippen LogP) is 3.37. The highest BCUT2D eigenvalue weighted by Gasteiger charge is 2.09. The average molecular weight is 289 g/mol. The fourth-order valence-electron chi connectivity index (χ4n) is 1.39. The molecule has 7 heteroatoms. The van der Waals surface area contributed by atoms with Crippen LogP contribution in [0, 0.1) is 0 Å². The first kappa shape index (κ1) is 13.0. The van der Waals surface area contributed by atoms with Gasteiger partial charge in [-0.05, 0) is 12.1 Å². The second-order valence-corrected chi connectivity index (χ2v) is 4.69. The maximum absolute atomic E-state index is 12.4. The van der Waals surface area contributed by atoms with Crippen LogP contribution < -0.4 is 4.74 Å². The van der Waals surface area contributed by atoms with Gasteiger partial charge in [0.25, 0.3) is 0 Å². The molecule has 0 spiro atoms. The lowest BCUT2D eigenvalue weighted by atomic mass is 10.2. The number of thioether (sulfide) groups is 1.